The van der Waals surface area contributed by atoms with Crippen molar-refractivity contribution in [3.63, 3.8) is 0 Å². The minimum Gasteiger partial charge on any atom is -0.328 e. The Hall–Kier alpha value is -2.47. The molecule has 0 amide bonds. The molecule has 0 unspecified atom stereocenters. The molecule has 0 atom stereocenters. The Bertz CT molecular complexity index is 938. The Morgan fingerprint density at radius 1 is 1.04 bits per heavy atom. The zero-order valence-electron chi connectivity index (χ0n) is 16.8. The summed E-state index contributed by atoms with van der Waals surface area (Å²) < 4.78 is 4.32. The molecule has 6 heteroatoms. The van der Waals surface area contributed by atoms with Crippen LogP contribution in [0.3, 0.4) is 0 Å². The SMILES string of the molecule is Cc1nccn1Cc1nnc(C2CCN(C3Cc4ccccc4C3)CC2)n1C. The highest BCUT2D eigenvalue weighted by Gasteiger charge is 2.31. The molecule has 1 aromatic carbocycles. The lowest BCUT2D eigenvalue weighted by Crippen LogP contribution is -2.41. The number of hydrogen-bond donors (Lipinski definition) is 0. The monoisotopic (exact) mass is 376 g/mol. The zero-order valence-corrected chi connectivity index (χ0v) is 16.8. The van der Waals surface area contributed by atoms with Crippen LogP contribution in [0, 0.1) is 6.92 Å². The second kappa shape index (κ2) is 7.17. The summed E-state index contributed by atoms with van der Waals surface area (Å²) in [4.78, 5) is 7.00. The van der Waals surface area contributed by atoms with Gasteiger partial charge in [-0.2, -0.15) is 0 Å². The minimum absolute atomic E-state index is 0.509. The summed E-state index contributed by atoms with van der Waals surface area (Å²) >= 11 is 0. The fourth-order valence-electron chi connectivity index (χ4n) is 4.91. The summed E-state index contributed by atoms with van der Waals surface area (Å²) in [5.74, 6) is 3.66. The topological polar surface area (TPSA) is 51.8 Å². The molecule has 28 heavy (non-hydrogen) atoms. The van der Waals surface area contributed by atoms with E-state index in [0.717, 1.165) is 37.1 Å². The first-order chi connectivity index (χ1) is 13.7. The number of nitrogens with zero attached hydrogens (tertiary/aromatic N) is 6. The van der Waals surface area contributed by atoms with Crippen molar-refractivity contribution in [1.29, 1.82) is 0 Å². The molecule has 2 aliphatic rings. The van der Waals surface area contributed by atoms with Crippen LogP contribution in [0.5, 0.6) is 0 Å². The second-order valence-corrected chi connectivity index (χ2v) is 8.28. The zero-order chi connectivity index (χ0) is 19.1. The van der Waals surface area contributed by atoms with Crippen molar-refractivity contribution in [2.45, 2.75) is 51.1 Å². The third kappa shape index (κ3) is 3.15. The van der Waals surface area contributed by atoms with E-state index in [1.54, 1.807) is 11.1 Å². The highest BCUT2D eigenvalue weighted by Crippen LogP contribution is 2.32. The van der Waals surface area contributed by atoms with Gasteiger partial charge < -0.3 is 9.13 Å². The fourth-order valence-corrected chi connectivity index (χ4v) is 4.91. The number of aromatic nitrogens is 5. The number of likely N-dealkylation sites (tertiary alicyclic amines) is 1. The van der Waals surface area contributed by atoms with E-state index in [1.807, 2.05) is 19.3 Å². The molecular formula is C22H28N6. The van der Waals surface area contributed by atoms with E-state index in [0.29, 0.717) is 12.0 Å². The highest BCUT2D eigenvalue weighted by molar-refractivity contribution is 5.33. The normalized spacial score (nSPS) is 18.6. The number of hydrogen-bond acceptors (Lipinski definition) is 4. The third-order valence-electron chi connectivity index (χ3n) is 6.67. The molecule has 2 aromatic heterocycles. The molecule has 5 rings (SSSR count). The molecule has 1 fully saturated rings. The molecule has 3 aromatic rings. The maximum atomic E-state index is 4.57. The van der Waals surface area contributed by atoms with Crippen LogP contribution in [-0.4, -0.2) is 48.3 Å². The largest absolute Gasteiger partial charge is 0.328 e. The number of benzene rings is 1. The molecule has 0 N–H and O–H groups in total. The third-order valence-corrected chi connectivity index (χ3v) is 6.67. The fraction of sp³-hybridized carbons (Fsp3) is 0.500. The first kappa shape index (κ1) is 17.6. The van der Waals surface area contributed by atoms with Gasteiger partial charge in [0.05, 0.1) is 6.54 Å². The molecule has 1 saturated heterocycles. The van der Waals surface area contributed by atoms with Gasteiger partial charge in [0, 0.05) is 31.4 Å². The maximum absolute atomic E-state index is 4.57. The summed E-state index contributed by atoms with van der Waals surface area (Å²) in [6, 6.07) is 9.61. The van der Waals surface area contributed by atoms with Gasteiger partial charge in [-0.05, 0) is 56.8 Å². The van der Waals surface area contributed by atoms with Crippen LogP contribution in [-0.2, 0) is 26.4 Å². The van der Waals surface area contributed by atoms with Gasteiger partial charge >= 0.3 is 0 Å². The number of fused-ring (bicyclic) bond motifs is 1. The maximum Gasteiger partial charge on any atom is 0.152 e. The van der Waals surface area contributed by atoms with Crippen LogP contribution in [0.15, 0.2) is 36.7 Å². The van der Waals surface area contributed by atoms with Crippen molar-refractivity contribution in [2.24, 2.45) is 7.05 Å². The predicted molar refractivity (Wildman–Crippen MR) is 108 cm³/mol. The Balaban J connectivity index is 1.22. The van der Waals surface area contributed by atoms with Crippen LogP contribution in [0.25, 0.3) is 0 Å². The molecular weight excluding hydrogens is 348 g/mol. The van der Waals surface area contributed by atoms with Gasteiger partial charge in [0.25, 0.3) is 0 Å². The molecule has 1 aliphatic heterocycles. The lowest BCUT2D eigenvalue weighted by atomic mass is 9.94. The van der Waals surface area contributed by atoms with Crippen LogP contribution in [0.4, 0.5) is 0 Å². The molecule has 0 radical (unpaired) electrons. The van der Waals surface area contributed by atoms with Crippen molar-refractivity contribution in [2.75, 3.05) is 13.1 Å². The molecule has 146 valence electrons. The molecule has 3 heterocycles. The van der Waals surface area contributed by atoms with Crippen molar-refractivity contribution in [1.82, 2.24) is 29.2 Å². The van der Waals surface area contributed by atoms with Crippen molar-refractivity contribution < 1.29 is 0 Å². The van der Waals surface area contributed by atoms with E-state index in [1.165, 1.54) is 25.7 Å². The lowest BCUT2D eigenvalue weighted by molar-refractivity contribution is 0.153. The van der Waals surface area contributed by atoms with Crippen molar-refractivity contribution in [3.8, 4) is 0 Å². The Morgan fingerprint density at radius 3 is 2.39 bits per heavy atom. The summed E-state index contributed by atoms with van der Waals surface area (Å²) in [7, 11) is 2.11. The lowest BCUT2D eigenvalue weighted by Gasteiger charge is -2.35. The van der Waals surface area contributed by atoms with Gasteiger partial charge in [0.15, 0.2) is 5.82 Å². The van der Waals surface area contributed by atoms with Crippen molar-refractivity contribution in [3.05, 3.63) is 65.3 Å². The Labute approximate surface area is 166 Å². The smallest absolute Gasteiger partial charge is 0.152 e. The van der Waals surface area contributed by atoms with Gasteiger partial charge in [0.2, 0.25) is 0 Å². The minimum atomic E-state index is 0.509. The van der Waals surface area contributed by atoms with Crippen LogP contribution in [0.2, 0.25) is 0 Å². The predicted octanol–water partition coefficient (Wildman–Crippen LogP) is 2.72. The molecule has 0 bridgehead atoms. The Morgan fingerprint density at radius 2 is 1.75 bits per heavy atom. The Kier molecular flexibility index (Phi) is 4.51. The van der Waals surface area contributed by atoms with Gasteiger partial charge in [0.1, 0.15) is 11.6 Å². The highest BCUT2D eigenvalue weighted by atomic mass is 15.3. The number of piperidine rings is 1. The van der Waals surface area contributed by atoms with Gasteiger partial charge in [-0.15, -0.1) is 10.2 Å². The first-order valence-electron chi connectivity index (χ1n) is 10.4. The van der Waals surface area contributed by atoms with E-state index in [9.17, 15) is 0 Å². The molecule has 0 saturated carbocycles. The molecule has 1 aliphatic carbocycles. The van der Waals surface area contributed by atoms with E-state index < -0.39 is 0 Å². The van der Waals surface area contributed by atoms with Gasteiger partial charge in [-0.1, -0.05) is 24.3 Å². The van der Waals surface area contributed by atoms with Gasteiger partial charge in [-0.3, -0.25) is 4.90 Å². The van der Waals surface area contributed by atoms with Crippen molar-refractivity contribution >= 4 is 0 Å². The van der Waals surface area contributed by atoms with E-state index >= 15 is 0 Å². The summed E-state index contributed by atoms with van der Waals surface area (Å²) in [6.07, 6.45) is 8.59. The molecule has 6 nitrogen and oxygen atoms in total. The molecule has 0 spiro atoms. The average molecular weight is 377 g/mol. The summed E-state index contributed by atoms with van der Waals surface area (Å²) in [6.45, 7) is 5.07. The second-order valence-electron chi connectivity index (χ2n) is 8.28. The summed E-state index contributed by atoms with van der Waals surface area (Å²) in [5.41, 5.74) is 3.09. The first-order valence-corrected chi connectivity index (χ1v) is 10.4. The standard InChI is InChI=1S/C22H28N6/c1-16-23-9-12-28(16)15-21-24-25-22(26(21)2)17-7-10-27(11-8-17)20-13-18-5-3-4-6-19(18)14-20/h3-6,9,12,17,20H,7-8,10-11,13-15H2,1-2H3. The average Bonchev–Trinajstić information content (AvgIpc) is 3.42. The number of rotatable bonds is 4. The van der Waals surface area contributed by atoms with Crippen LogP contribution < -0.4 is 0 Å². The quantitative estimate of drug-likeness (QED) is 0.703. The van der Waals surface area contributed by atoms with E-state index in [2.05, 4.69) is 60.5 Å². The van der Waals surface area contributed by atoms with Crippen LogP contribution in [0.1, 0.15) is 47.4 Å². The number of aryl methyl sites for hydroxylation is 1. The number of imidazole rings is 1. The van der Waals surface area contributed by atoms with E-state index in [-0.39, 0.29) is 0 Å². The van der Waals surface area contributed by atoms with Crippen LogP contribution >= 0.6 is 0 Å². The van der Waals surface area contributed by atoms with E-state index in [4.69, 9.17) is 0 Å². The van der Waals surface area contributed by atoms with Gasteiger partial charge in [-0.25, -0.2) is 4.98 Å². The summed E-state index contributed by atoms with van der Waals surface area (Å²) in [5, 5.41) is 9.05.